The fraction of sp³-hybridized carbons (Fsp3) is 0.412. The zero-order valence-electron chi connectivity index (χ0n) is 14.2. The molecule has 2 rings (SSSR count). The Morgan fingerprint density at radius 3 is 2.71 bits per heavy atom. The number of benzene rings is 1. The molecule has 2 N–H and O–H groups in total. The SMILES string of the molecule is CCOc1ccc(C)cc1S(=O)(=O)NCCC(O)c1cccn1C. The molecule has 132 valence electrons. The molecule has 0 saturated carbocycles. The highest BCUT2D eigenvalue weighted by Gasteiger charge is 2.20. The number of aliphatic hydroxyl groups excluding tert-OH is 1. The maximum absolute atomic E-state index is 12.5. The third kappa shape index (κ3) is 4.37. The summed E-state index contributed by atoms with van der Waals surface area (Å²) in [5.41, 5.74) is 1.59. The molecule has 0 aliphatic rings. The summed E-state index contributed by atoms with van der Waals surface area (Å²) in [5.74, 6) is 0.332. The van der Waals surface area contributed by atoms with Crippen LogP contribution in [0.25, 0.3) is 0 Å². The first kappa shape index (κ1) is 18.5. The summed E-state index contributed by atoms with van der Waals surface area (Å²) < 4.78 is 34.8. The standard InChI is InChI=1S/C17H24N2O4S/c1-4-23-16-8-7-13(2)12-17(16)24(21,22)18-10-9-15(20)14-6-5-11-19(14)3/h5-8,11-12,15,18,20H,4,9-10H2,1-3H3. The summed E-state index contributed by atoms with van der Waals surface area (Å²) in [4.78, 5) is 0.123. The van der Waals surface area contributed by atoms with Crippen LogP contribution in [0.1, 0.15) is 30.7 Å². The van der Waals surface area contributed by atoms with Crippen LogP contribution >= 0.6 is 0 Å². The molecular formula is C17H24N2O4S. The number of nitrogens with zero attached hydrogens (tertiary/aromatic N) is 1. The molecule has 0 radical (unpaired) electrons. The summed E-state index contributed by atoms with van der Waals surface area (Å²) in [7, 11) is -1.87. The molecule has 1 aromatic heterocycles. The molecule has 0 aliphatic heterocycles. The topological polar surface area (TPSA) is 80.6 Å². The highest BCUT2D eigenvalue weighted by Crippen LogP contribution is 2.25. The number of aryl methyl sites for hydroxylation is 2. The lowest BCUT2D eigenvalue weighted by Gasteiger charge is -2.15. The maximum Gasteiger partial charge on any atom is 0.244 e. The molecule has 1 atom stereocenters. The lowest BCUT2D eigenvalue weighted by molar-refractivity contribution is 0.161. The number of hydrogen-bond acceptors (Lipinski definition) is 4. The zero-order chi connectivity index (χ0) is 17.7. The first-order valence-electron chi connectivity index (χ1n) is 7.87. The van der Waals surface area contributed by atoms with E-state index in [2.05, 4.69) is 4.72 Å². The van der Waals surface area contributed by atoms with Gasteiger partial charge < -0.3 is 14.4 Å². The van der Waals surface area contributed by atoms with Crippen molar-refractivity contribution in [2.75, 3.05) is 13.2 Å². The van der Waals surface area contributed by atoms with Gasteiger partial charge in [0, 0.05) is 25.5 Å². The number of rotatable bonds is 8. The Morgan fingerprint density at radius 1 is 1.33 bits per heavy atom. The van der Waals surface area contributed by atoms with E-state index in [4.69, 9.17) is 4.74 Å². The third-order valence-electron chi connectivity index (χ3n) is 3.72. The molecule has 6 nitrogen and oxygen atoms in total. The normalized spacial score (nSPS) is 13.0. The zero-order valence-corrected chi connectivity index (χ0v) is 15.0. The summed E-state index contributed by atoms with van der Waals surface area (Å²) in [6.07, 6.45) is 1.40. The van der Waals surface area contributed by atoms with Crippen molar-refractivity contribution >= 4 is 10.0 Å². The van der Waals surface area contributed by atoms with E-state index in [1.165, 1.54) is 0 Å². The Hall–Kier alpha value is -1.83. The van der Waals surface area contributed by atoms with Crippen LogP contribution in [0.2, 0.25) is 0 Å². The van der Waals surface area contributed by atoms with Crippen molar-refractivity contribution in [2.45, 2.75) is 31.3 Å². The van der Waals surface area contributed by atoms with Crippen LogP contribution in [-0.2, 0) is 17.1 Å². The van der Waals surface area contributed by atoms with E-state index in [1.54, 1.807) is 19.1 Å². The number of hydrogen-bond donors (Lipinski definition) is 2. The average molecular weight is 352 g/mol. The quantitative estimate of drug-likeness (QED) is 0.763. The molecule has 1 unspecified atom stereocenters. The number of aromatic nitrogens is 1. The van der Waals surface area contributed by atoms with Gasteiger partial charge in [0.05, 0.1) is 12.7 Å². The Balaban J connectivity index is 2.06. The fourth-order valence-corrected chi connectivity index (χ4v) is 3.75. The van der Waals surface area contributed by atoms with Crippen LogP contribution < -0.4 is 9.46 Å². The van der Waals surface area contributed by atoms with Gasteiger partial charge in [-0.3, -0.25) is 0 Å². The first-order chi connectivity index (χ1) is 11.3. The lowest BCUT2D eigenvalue weighted by Crippen LogP contribution is -2.26. The number of ether oxygens (including phenoxy) is 1. The highest BCUT2D eigenvalue weighted by molar-refractivity contribution is 7.89. The van der Waals surface area contributed by atoms with Crippen molar-refractivity contribution in [3.63, 3.8) is 0 Å². The van der Waals surface area contributed by atoms with Gasteiger partial charge in [-0.25, -0.2) is 13.1 Å². The second kappa shape index (κ2) is 7.83. The highest BCUT2D eigenvalue weighted by atomic mass is 32.2. The molecule has 0 amide bonds. The predicted molar refractivity (Wildman–Crippen MR) is 92.5 cm³/mol. The van der Waals surface area contributed by atoms with Crippen LogP contribution in [0.15, 0.2) is 41.4 Å². The number of nitrogens with one attached hydrogen (secondary N) is 1. The molecular weight excluding hydrogens is 328 g/mol. The predicted octanol–water partition coefficient (Wildman–Crippen LogP) is 2.13. The smallest absolute Gasteiger partial charge is 0.244 e. The minimum absolute atomic E-state index is 0.123. The monoisotopic (exact) mass is 352 g/mol. The van der Waals surface area contributed by atoms with Gasteiger partial charge in [0.25, 0.3) is 0 Å². The second-order valence-corrected chi connectivity index (χ2v) is 7.36. The van der Waals surface area contributed by atoms with Crippen LogP contribution in [0.3, 0.4) is 0 Å². The van der Waals surface area contributed by atoms with Gasteiger partial charge in [0.15, 0.2) is 0 Å². The lowest BCUT2D eigenvalue weighted by atomic mass is 10.2. The van der Waals surface area contributed by atoms with E-state index in [0.717, 1.165) is 11.3 Å². The minimum atomic E-state index is -3.70. The van der Waals surface area contributed by atoms with Gasteiger partial charge in [-0.1, -0.05) is 6.07 Å². The van der Waals surface area contributed by atoms with Gasteiger partial charge in [-0.05, 0) is 50.1 Å². The number of sulfonamides is 1. The molecule has 2 aromatic rings. The molecule has 0 fully saturated rings. The molecule has 0 spiro atoms. The van der Waals surface area contributed by atoms with Gasteiger partial charge >= 0.3 is 0 Å². The Morgan fingerprint density at radius 2 is 2.08 bits per heavy atom. The molecule has 7 heteroatoms. The van der Waals surface area contributed by atoms with Crippen molar-refractivity contribution in [1.29, 1.82) is 0 Å². The van der Waals surface area contributed by atoms with E-state index in [9.17, 15) is 13.5 Å². The van der Waals surface area contributed by atoms with E-state index >= 15 is 0 Å². The molecule has 0 bridgehead atoms. The van der Waals surface area contributed by atoms with Gasteiger partial charge in [0.2, 0.25) is 10.0 Å². The van der Waals surface area contributed by atoms with Crippen molar-refractivity contribution in [3.8, 4) is 5.75 Å². The van der Waals surface area contributed by atoms with Crippen molar-refractivity contribution < 1.29 is 18.3 Å². The van der Waals surface area contributed by atoms with Crippen LogP contribution in [0.4, 0.5) is 0 Å². The van der Waals surface area contributed by atoms with Crippen LogP contribution in [0, 0.1) is 6.92 Å². The fourth-order valence-electron chi connectivity index (χ4n) is 2.48. The van der Waals surface area contributed by atoms with Crippen LogP contribution in [-0.4, -0.2) is 31.2 Å². The summed E-state index contributed by atoms with van der Waals surface area (Å²) >= 11 is 0. The van der Waals surface area contributed by atoms with E-state index in [-0.39, 0.29) is 17.9 Å². The summed E-state index contributed by atoms with van der Waals surface area (Å²) in [6, 6.07) is 8.70. The summed E-state index contributed by atoms with van der Waals surface area (Å²) in [6.45, 7) is 4.15. The third-order valence-corrected chi connectivity index (χ3v) is 5.21. The van der Waals surface area contributed by atoms with Crippen molar-refractivity contribution in [2.24, 2.45) is 7.05 Å². The average Bonchev–Trinajstić information content (AvgIpc) is 2.95. The van der Waals surface area contributed by atoms with Gasteiger partial charge in [-0.2, -0.15) is 0 Å². The molecule has 1 heterocycles. The Bertz CT molecular complexity index is 784. The minimum Gasteiger partial charge on any atom is -0.492 e. The van der Waals surface area contributed by atoms with Gasteiger partial charge in [0.1, 0.15) is 10.6 Å². The molecule has 1 aromatic carbocycles. The van der Waals surface area contributed by atoms with E-state index in [0.29, 0.717) is 12.4 Å². The Labute approximate surface area is 143 Å². The summed E-state index contributed by atoms with van der Waals surface area (Å²) in [5, 5.41) is 10.2. The first-order valence-corrected chi connectivity index (χ1v) is 9.36. The molecule has 0 saturated heterocycles. The van der Waals surface area contributed by atoms with Crippen LogP contribution in [0.5, 0.6) is 5.75 Å². The van der Waals surface area contributed by atoms with E-state index in [1.807, 2.05) is 42.9 Å². The molecule has 0 aliphatic carbocycles. The maximum atomic E-state index is 12.5. The largest absolute Gasteiger partial charge is 0.492 e. The Kier molecular flexibility index (Phi) is 6.04. The van der Waals surface area contributed by atoms with E-state index < -0.39 is 16.1 Å². The second-order valence-electron chi connectivity index (χ2n) is 5.63. The number of aliphatic hydroxyl groups is 1. The van der Waals surface area contributed by atoms with Crippen molar-refractivity contribution in [3.05, 3.63) is 47.8 Å². The van der Waals surface area contributed by atoms with Crippen molar-refractivity contribution in [1.82, 2.24) is 9.29 Å². The molecule has 24 heavy (non-hydrogen) atoms. The van der Waals surface area contributed by atoms with Gasteiger partial charge in [-0.15, -0.1) is 0 Å².